The molecule has 1 saturated heterocycles. The summed E-state index contributed by atoms with van der Waals surface area (Å²) < 4.78 is 53.4. The van der Waals surface area contributed by atoms with E-state index < -0.39 is 66.2 Å². The van der Waals surface area contributed by atoms with E-state index in [2.05, 4.69) is 89.7 Å². The predicted molar refractivity (Wildman–Crippen MR) is 243 cm³/mol. The molecular weight excluding hydrogens is 838 g/mol. The third kappa shape index (κ3) is 37.8. The van der Waals surface area contributed by atoms with Crippen LogP contribution in [0, 0.1) is 0 Å². The Kier molecular flexibility index (Phi) is 34.8. The largest absolute Gasteiger partial charge is 0.472 e. The normalized spacial score (nSPS) is 18.0. The first-order chi connectivity index (χ1) is 29.8. The van der Waals surface area contributed by atoms with Crippen molar-refractivity contribution in [2.75, 3.05) is 26.4 Å². The van der Waals surface area contributed by atoms with Gasteiger partial charge in [0, 0.05) is 12.8 Å². The van der Waals surface area contributed by atoms with E-state index in [-0.39, 0.29) is 12.8 Å². The second-order valence-electron chi connectivity index (χ2n) is 15.0. The number of rotatable bonds is 40. The Balaban J connectivity index is 2.42. The van der Waals surface area contributed by atoms with Crippen LogP contribution in [0.1, 0.15) is 142 Å². The van der Waals surface area contributed by atoms with Crippen molar-refractivity contribution in [2.45, 2.75) is 167 Å². The van der Waals surface area contributed by atoms with Crippen molar-refractivity contribution in [2.24, 2.45) is 0 Å². The van der Waals surface area contributed by atoms with E-state index in [0.29, 0.717) is 31.5 Å². The quantitative estimate of drug-likeness (QED) is 0.0148. The van der Waals surface area contributed by atoms with Gasteiger partial charge in [-0.1, -0.05) is 137 Å². The van der Waals surface area contributed by atoms with Crippen molar-refractivity contribution < 1.29 is 66.3 Å². The van der Waals surface area contributed by atoms with Gasteiger partial charge in [-0.2, -0.15) is 0 Å². The van der Waals surface area contributed by atoms with Crippen LogP contribution in [0.15, 0.2) is 85.1 Å². The van der Waals surface area contributed by atoms with E-state index in [4.69, 9.17) is 28.5 Å². The van der Waals surface area contributed by atoms with Crippen molar-refractivity contribution in [3.05, 3.63) is 85.1 Å². The van der Waals surface area contributed by atoms with E-state index in [1.54, 1.807) is 0 Å². The number of aliphatic hydroxyl groups excluding tert-OH is 1. The number of epoxide rings is 1. The van der Waals surface area contributed by atoms with E-state index in [1.807, 2.05) is 18.2 Å². The lowest BCUT2D eigenvalue weighted by molar-refractivity contribution is -0.161. The molecule has 0 aliphatic carbocycles. The molecule has 0 aromatic rings. The van der Waals surface area contributed by atoms with Crippen LogP contribution in [-0.2, 0) is 46.5 Å². The highest BCUT2D eigenvalue weighted by Crippen LogP contribution is 2.44. The van der Waals surface area contributed by atoms with E-state index in [0.717, 1.165) is 77.0 Å². The number of phosphoric acid groups is 2. The van der Waals surface area contributed by atoms with Gasteiger partial charge in [-0.25, -0.2) is 9.13 Å². The number of hydrogen-bond donors (Lipinski definition) is 4. The summed E-state index contributed by atoms with van der Waals surface area (Å²) >= 11 is 0. The summed E-state index contributed by atoms with van der Waals surface area (Å²) in [5.41, 5.74) is 0. The maximum atomic E-state index is 12.7. The summed E-state index contributed by atoms with van der Waals surface area (Å²) in [6.07, 6.45) is 44.7. The topological polar surface area (TPSA) is 208 Å². The van der Waals surface area contributed by atoms with Crippen LogP contribution in [-0.4, -0.2) is 82.6 Å². The molecule has 1 heterocycles. The molecular formula is C46H76O14P2. The fourth-order valence-corrected chi connectivity index (χ4v) is 6.89. The van der Waals surface area contributed by atoms with Crippen LogP contribution >= 0.6 is 15.6 Å². The van der Waals surface area contributed by atoms with Crippen LogP contribution in [0.3, 0.4) is 0 Å². The Morgan fingerprint density at radius 2 is 1.13 bits per heavy atom. The standard InChI is InChI=1S/C46H76O14P2/c1-3-5-7-8-9-10-11-12-13-14-15-16-17-18-19-20-25-28-32-36-46(49)59-42(40-58-62(53,54)57-38-41(47)37-56-61(50,51)52)39-55-45(48)35-31-27-24-22-21-23-26-30-34-44-43(60-44)33-29-6-4-2/h5,7,9-10,12-13,15-16,18-19,25-26,28,30,41-44,47H,3-4,6,8,11,14,17,20-24,27,29,31-40H2,1-2H3,(H,53,54)(H2,50,51,52)/b7-5-,10-9-,13-12-,16-15-,19-18-,28-25-,30-26-/t41-,42+,43?,44?/m0/s1. The number of aliphatic hydroxyl groups is 1. The van der Waals surface area contributed by atoms with E-state index >= 15 is 0 Å². The van der Waals surface area contributed by atoms with Crippen molar-refractivity contribution in [3.63, 3.8) is 0 Å². The molecule has 1 fully saturated rings. The van der Waals surface area contributed by atoms with Gasteiger partial charge in [-0.3, -0.25) is 23.2 Å². The molecule has 14 nitrogen and oxygen atoms in total. The monoisotopic (exact) mass is 914 g/mol. The van der Waals surface area contributed by atoms with Gasteiger partial charge in [0.25, 0.3) is 0 Å². The van der Waals surface area contributed by atoms with Crippen LogP contribution < -0.4 is 0 Å². The lowest BCUT2D eigenvalue weighted by Crippen LogP contribution is -2.29. The Morgan fingerprint density at radius 1 is 0.581 bits per heavy atom. The third-order valence-corrected chi connectivity index (χ3v) is 10.6. The van der Waals surface area contributed by atoms with Gasteiger partial charge in [-0.05, 0) is 77.0 Å². The van der Waals surface area contributed by atoms with Crippen LogP contribution in [0.5, 0.6) is 0 Å². The summed E-state index contributed by atoms with van der Waals surface area (Å²) in [5, 5.41) is 9.75. The van der Waals surface area contributed by atoms with Crippen LogP contribution in [0.2, 0.25) is 0 Å². The Hall–Kier alpha value is -2.74. The fourth-order valence-electron chi connectivity index (χ4n) is 5.73. The molecule has 0 aromatic carbocycles. The summed E-state index contributed by atoms with van der Waals surface area (Å²) in [6, 6.07) is 0. The number of carbonyl (C=O) groups excluding carboxylic acids is 2. The highest BCUT2D eigenvalue weighted by molar-refractivity contribution is 7.47. The molecule has 0 radical (unpaired) electrons. The maximum absolute atomic E-state index is 12.7. The fraction of sp³-hybridized carbons (Fsp3) is 0.652. The molecule has 1 aliphatic rings. The highest BCUT2D eigenvalue weighted by atomic mass is 31.2. The van der Waals surface area contributed by atoms with Gasteiger partial charge < -0.3 is 34.0 Å². The first-order valence-electron chi connectivity index (χ1n) is 22.4. The number of hydrogen-bond acceptors (Lipinski definition) is 11. The molecule has 1 rings (SSSR count). The molecule has 354 valence electrons. The smallest absolute Gasteiger partial charge is 0.462 e. The molecule has 1 aliphatic heterocycles. The van der Waals surface area contributed by atoms with Crippen molar-refractivity contribution >= 4 is 27.6 Å². The van der Waals surface area contributed by atoms with Crippen molar-refractivity contribution in [1.29, 1.82) is 0 Å². The Labute approximate surface area is 371 Å². The number of ether oxygens (including phenoxy) is 3. The molecule has 0 spiro atoms. The summed E-state index contributed by atoms with van der Waals surface area (Å²) in [5.74, 6) is -1.16. The molecule has 3 unspecified atom stereocenters. The molecule has 5 atom stereocenters. The van der Waals surface area contributed by atoms with Crippen LogP contribution in [0.25, 0.3) is 0 Å². The van der Waals surface area contributed by atoms with Gasteiger partial charge in [-0.15, -0.1) is 0 Å². The minimum atomic E-state index is -4.88. The number of unbranched alkanes of at least 4 members (excludes halogenated alkanes) is 7. The summed E-state index contributed by atoms with van der Waals surface area (Å²) in [4.78, 5) is 52.7. The molecule has 0 bridgehead atoms. The van der Waals surface area contributed by atoms with Crippen molar-refractivity contribution in [3.8, 4) is 0 Å². The zero-order chi connectivity index (χ0) is 45.6. The lowest BCUT2D eigenvalue weighted by atomic mass is 10.1. The van der Waals surface area contributed by atoms with Crippen molar-refractivity contribution in [1.82, 2.24) is 0 Å². The zero-order valence-corrected chi connectivity index (χ0v) is 38.9. The van der Waals surface area contributed by atoms with E-state index in [9.17, 15) is 28.7 Å². The average Bonchev–Trinajstić information content (AvgIpc) is 3.99. The molecule has 62 heavy (non-hydrogen) atoms. The minimum Gasteiger partial charge on any atom is -0.462 e. The second-order valence-corrected chi connectivity index (χ2v) is 17.7. The SMILES string of the molecule is CC/C=C\C/C=C\C/C=C\C/C=C\C/C=C\C/C=C\CCC(=O)O[C@H](COC(=O)CCCCCCC/C=C\CC1OC1CCCCC)COP(=O)(O)OC[C@@H](O)COP(=O)(O)O. The molecule has 4 N–H and O–H groups in total. The Morgan fingerprint density at radius 3 is 1.74 bits per heavy atom. The maximum Gasteiger partial charge on any atom is 0.472 e. The van der Waals surface area contributed by atoms with E-state index in [1.165, 1.54) is 19.3 Å². The number of esters is 2. The van der Waals surface area contributed by atoms with Gasteiger partial charge in [0.05, 0.1) is 32.0 Å². The van der Waals surface area contributed by atoms with Gasteiger partial charge in [0.15, 0.2) is 6.10 Å². The molecule has 0 saturated carbocycles. The highest BCUT2D eigenvalue weighted by Gasteiger charge is 2.36. The molecule has 0 aromatic heterocycles. The number of allylic oxidation sites excluding steroid dienone is 13. The van der Waals surface area contributed by atoms with Crippen LogP contribution in [0.4, 0.5) is 0 Å². The summed E-state index contributed by atoms with van der Waals surface area (Å²) in [6.45, 7) is 1.50. The predicted octanol–water partition coefficient (Wildman–Crippen LogP) is 10.5. The average molecular weight is 915 g/mol. The molecule has 0 amide bonds. The second kappa shape index (κ2) is 37.6. The summed E-state index contributed by atoms with van der Waals surface area (Å²) in [7, 11) is -9.72. The first-order valence-corrected chi connectivity index (χ1v) is 25.4. The number of carbonyl (C=O) groups is 2. The number of phosphoric ester groups is 2. The van der Waals surface area contributed by atoms with Gasteiger partial charge in [0.1, 0.15) is 12.7 Å². The third-order valence-electron chi connectivity index (χ3n) is 9.20. The first kappa shape index (κ1) is 57.3. The lowest BCUT2D eigenvalue weighted by Gasteiger charge is -2.20. The van der Waals surface area contributed by atoms with Gasteiger partial charge in [0.2, 0.25) is 0 Å². The van der Waals surface area contributed by atoms with Gasteiger partial charge >= 0.3 is 27.6 Å². The molecule has 16 heteroatoms. The minimum absolute atomic E-state index is 0.00399. The Bertz CT molecular complexity index is 1480. The zero-order valence-electron chi connectivity index (χ0n) is 37.1.